The lowest BCUT2D eigenvalue weighted by atomic mass is 10.0. The first-order valence-electron chi connectivity index (χ1n) is 33.3. The van der Waals surface area contributed by atoms with E-state index in [0.717, 1.165) is 116 Å². The van der Waals surface area contributed by atoms with E-state index in [-0.39, 0.29) is 32.2 Å². The molecule has 0 aromatic rings. The maximum Gasteiger partial charge on any atom is 0.361 e. The summed E-state index contributed by atoms with van der Waals surface area (Å²) in [6.45, 7) is 4.64. The van der Waals surface area contributed by atoms with Crippen molar-refractivity contribution in [3.05, 3.63) is 134 Å². The summed E-state index contributed by atoms with van der Waals surface area (Å²) in [7, 11) is 5.96. The maximum absolute atomic E-state index is 12.9. The minimum atomic E-state index is -1.52. The number of carbonyl (C=O) groups is 3. The molecular weight excluding hydrogens is 1030 g/mol. The number of esters is 2. The second-order valence-electron chi connectivity index (χ2n) is 23.0. The molecule has 0 aliphatic carbocycles. The van der Waals surface area contributed by atoms with Crippen molar-refractivity contribution in [2.75, 3.05) is 47.5 Å². The minimum Gasteiger partial charge on any atom is -0.477 e. The number of carboxylic acids is 1. The van der Waals surface area contributed by atoms with Crippen molar-refractivity contribution < 1.29 is 42.9 Å². The molecule has 0 heterocycles. The van der Waals surface area contributed by atoms with Gasteiger partial charge in [0.05, 0.1) is 34.4 Å². The third kappa shape index (κ3) is 64.8. The topological polar surface area (TPSA) is 108 Å². The molecule has 0 saturated carbocycles. The molecular formula is C74H124NO8+. The van der Waals surface area contributed by atoms with Crippen LogP contribution in [0.5, 0.6) is 0 Å². The molecule has 0 saturated heterocycles. The fraction of sp³-hybridized carbons (Fsp3) is 0.662. The number of nitrogens with zero attached hydrogens (tertiary/aromatic N) is 1. The molecule has 2 atom stereocenters. The van der Waals surface area contributed by atoms with Crippen LogP contribution in [0.3, 0.4) is 0 Å². The standard InChI is InChI=1S/C74H123NO8/c1-6-8-10-12-14-16-18-20-22-24-26-28-30-32-34-36-38-40-42-44-46-48-50-52-54-56-58-60-62-64-71(76)81-68-70(69-82-74(73(78)79)80-67-66-75(3,4)5)83-72(77)65-63-61-59-57-55-53-51-49-47-45-43-41-39-37-35-33-31-29-27-25-23-21-19-17-15-13-11-9-7-2/h8-11,14-17,20-23,26-29,33,35,39,41,45,47,70,74H,6-7,12-13,18-19,24-25,30-32,34,36-38,40,42-44,46,48-69H2,1-5H3/p+1/b10-8-,11-9-,16-14-,17-15-,22-20-,23-21-,28-26-,29-27-,35-33-,41-39-,47-45-. The van der Waals surface area contributed by atoms with Gasteiger partial charge in [0, 0.05) is 12.8 Å². The Morgan fingerprint density at radius 1 is 0.361 bits per heavy atom. The second kappa shape index (κ2) is 63.5. The Bertz CT molecular complexity index is 1820. The highest BCUT2D eigenvalue weighted by Gasteiger charge is 2.25. The monoisotopic (exact) mass is 1150 g/mol. The summed E-state index contributed by atoms with van der Waals surface area (Å²) in [5.41, 5.74) is 0. The fourth-order valence-corrected chi connectivity index (χ4v) is 8.87. The normalized spacial score (nSPS) is 13.6. The Kier molecular flexibility index (Phi) is 60.0. The number of likely N-dealkylation sites (N-methyl/N-ethyl adjacent to an activating group) is 1. The van der Waals surface area contributed by atoms with Crippen molar-refractivity contribution in [3.63, 3.8) is 0 Å². The summed E-state index contributed by atoms with van der Waals surface area (Å²) >= 11 is 0. The van der Waals surface area contributed by atoms with Crippen molar-refractivity contribution in [1.82, 2.24) is 0 Å². The SMILES string of the molecule is CC/C=C\C/C=C\C/C=C\C/C=C\C/C=C\C/C=C\C/C=C\CCCCCCCCCC(=O)OC(COC(=O)CCCCCCCCCCCCCCCCCC/C=C\C/C=C\C/C=C\C/C=C\CC)COC(OCC[N+](C)(C)C)C(=O)O. The van der Waals surface area contributed by atoms with Crippen molar-refractivity contribution in [2.24, 2.45) is 0 Å². The van der Waals surface area contributed by atoms with Gasteiger partial charge in [0.25, 0.3) is 6.29 Å². The van der Waals surface area contributed by atoms with E-state index >= 15 is 0 Å². The van der Waals surface area contributed by atoms with Gasteiger partial charge >= 0.3 is 17.9 Å². The van der Waals surface area contributed by atoms with Crippen LogP contribution in [0.1, 0.15) is 258 Å². The number of rotatable bonds is 60. The average Bonchev–Trinajstić information content (AvgIpc) is 3.46. The van der Waals surface area contributed by atoms with E-state index in [1.165, 1.54) is 109 Å². The molecule has 83 heavy (non-hydrogen) atoms. The number of hydrogen-bond donors (Lipinski definition) is 1. The first kappa shape index (κ1) is 78.4. The lowest BCUT2D eigenvalue weighted by Crippen LogP contribution is -2.40. The third-order valence-electron chi connectivity index (χ3n) is 13.9. The molecule has 0 fully saturated rings. The van der Waals surface area contributed by atoms with E-state index in [4.69, 9.17) is 18.9 Å². The Labute approximate surface area is 509 Å². The van der Waals surface area contributed by atoms with E-state index in [1.54, 1.807) is 0 Å². The molecule has 0 rings (SSSR count). The van der Waals surface area contributed by atoms with Crippen LogP contribution in [0.4, 0.5) is 0 Å². The average molecular weight is 1160 g/mol. The summed E-state index contributed by atoms with van der Waals surface area (Å²) in [4.78, 5) is 37.6. The van der Waals surface area contributed by atoms with E-state index in [9.17, 15) is 19.5 Å². The van der Waals surface area contributed by atoms with Crippen LogP contribution in [0, 0.1) is 0 Å². The zero-order valence-corrected chi connectivity index (χ0v) is 53.8. The molecule has 0 spiro atoms. The molecule has 0 aliphatic heterocycles. The maximum atomic E-state index is 12.9. The molecule has 0 aromatic carbocycles. The molecule has 2 unspecified atom stereocenters. The number of ether oxygens (including phenoxy) is 4. The van der Waals surface area contributed by atoms with Crippen LogP contribution in [-0.2, 0) is 33.3 Å². The van der Waals surface area contributed by atoms with Crippen molar-refractivity contribution in [2.45, 2.75) is 270 Å². The largest absolute Gasteiger partial charge is 0.477 e. The fourth-order valence-electron chi connectivity index (χ4n) is 8.87. The molecule has 0 bridgehead atoms. The van der Waals surface area contributed by atoms with Gasteiger partial charge in [-0.25, -0.2) is 4.79 Å². The molecule has 0 aromatic heterocycles. The molecule has 472 valence electrons. The highest BCUT2D eigenvalue weighted by atomic mass is 16.7. The number of carboxylic acid groups (broad SMARTS) is 1. The van der Waals surface area contributed by atoms with Gasteiger partial charge < -0.3 is 28.5 Å². The van der Waals surface area contributed by atoms with E-state index in [2.05, 4.69) is 148 Å². The number of unbranched alkanes of at least 4 members (excludes halogenated alkanes) is 23. The van der Waals surface area contributed by atoms with E-state index in [0.29, 0.717) is 23.9 Å². The molecule has 9 nitrogen and oxygen atoms in total. The highest BCUT2D eigenvalue weighted by Crippen LogP contribution is 2.16. The Balaban J connectivity index is 4.20. The van der Waals surface area contributed by atoms with Crippen molar-refractivity contribution in [3.8, 4) is 0 Å². The van der Waals surface area contributed by atoms with Crippen LogP contribution in [0.15, 0.2) is 134 Å². The van der Waals surface area contributed by atoms with E-state index in [1.807, 2.05) is 21.1 Å². The first-order valence-corrected chi connectivity index (χ1v) is 33.3. The lowest BCUT2D eigenvalue weighted by Gasteiger charge is -2.25. The highest BCUT2D eigenvalue weighted by molar-refractivity contribution is 5.71. The van der Waals surface area contributed by atoms with Crippen molar-refractivity contribution in [1.29, 1.82) is 0 Å². The first-order chi connectivity index (χ1) is 40.6. The summed E-state index contributed by atoms with van der Waals surface area (Å²) in [5, 5.41) is 9.74. The van der Waals surface area contributed by atoms with Gasteiger partial charge in [-0.2, -0.15) is 0 Å². The van der Waals surface area contributed by atoms with Gasteiger partial charge in [0.1, 0.15) is 13.2 Å². The molecule has 0 amide bonds. The third-order valence-corrected chi connectivity index (χ3v) is 13.9. The predicted molar refractivity (Wildman–Crippen MR) is 354 cm³/mol. The van der Waals surface area contributed by atoms with Crippen LogP contribution >= 0.6 is 0 Å². The van der Waals surface area contributed by atoms with Gasteiger partial charge in [-0.3, -0.25) is 9.59 Å². The summed E-state index contributed by atoms with van der Waals surface area (Å²) < 4.78 is 22.9. The van der Waals surface area contributed by atoms with Crippen LogP contribution < -0.4 is 0 Å². The van der Waals surface area contributed by atoms with Gasteiger partial charge in [0.15, 0.2) is 6.10 Å². The molecule has 0 aliphatic rings. The molecule has 9 heteroatoms. The zero-order valence-electron chi connectivity index (χ0n) is 53.8. The Hall–Kier alpha value is -4.57. The van der Waals surface area contributed by atoms with Gasteiger partial charge in [-0.1, -0.05) is 270 Å². The number of aliphatic carboxylic acids is 1. The smallest absolute Gasteiger partial charge is 0.361 e. The number of carbonyl (C=O) groups excluding carboxylic acids is 2. The summed E-state index contributed by atoms with van der Waals surface area (Å²) in [6, 6.07) is 0. The van der Waals surface area contributed by atoms with Gasteiger partial charge in [-0.15, -0.1) is 0 Å². The predicted octanol–water partition coefficient (Wildman–Crippen LogP) is 20.6. The number of hydrogen-bond acceptors (Lipinski definition) is 7. The zero-order chi connectivity index (χ0) is 60.5. The molecule has 0 radical (unpaired) electrons. The lowest BCUT2D eigenvalue weighted by molar-refractivity contribution is -0.870. The van der Waals surface area contributed by atoms with Crippen LogP contribution in [0.25, 0.3) is 0 Å². The minimum absolute atomic E-state index is 0.179. The number of allylic oxidation sites excluding steroid dienone is 22. The second-order valence-corrected chi connectivity index (χ2v) is 23.0. The van der Waals surface area contributed by atoms with Crippen molar-refractivity contribution >= 4 is 17.9 Å². The number of quaternary nitrogens is 1. The summed E-state index contributed by atoms with van der Waals surface area (Å²) in [6.07, 6.45) is 88.3. The summed E-state index contributed by atoms with van der Waals surface area (Å²) in [5.74, 6) is -2.03. The van der Waals surface area contributed by atoms with Crippen LogP contribution in [-0.4, -0.2) is 87.4 Å². The Morgan fingerprint density at radius 3 is 0.964 bits per heavy atom. The van der Waals surface area contributed by atoms with E-state index < -0.39 is 24.3 Å². The van der Waals surface area contributed by atoms with Crippen LogP contribution in [0.2, 0.25) is 0 Å². The Morgan fingerprint density at radius 2 is 0.651 bits per heavy atom. The quantitative estimate of drug-likeness (QED) is 0.0211. The molecule has 1 N–H and O–H groups in total. The van der Waals surface area contributed by atoms with Gasteiger partial charge in [0.2, 0.25) is 0 Å². The van der Waals surface area contributed by atoms with Gasteiger partial charge in [-0.05, 0) is 109 Å².